The smallest absolute Gasteiger partial charge is 0.410 e. The third-order valence-electron chi connectivity index (χ3n) is 8.86. The molecule has 1 saturated heterocycles. The highest BCUT2D eigenvalue weighted by atomic mass is 16.6. The van der Waals surface area contributed by atoms with Crippen LogP contribution in [0.2, 0.25) is 0 Å². The van der Waals surface area contributed by atoms with Gasteiger partial charge >= 0.3 is 6.09 Å². The summed E-state index contributed by atoms with van der Waals surface area (Å²) in [4.78, 5) is 29.7. The molecule has 6 aromatic rings. The van der Waals surface area contributed by atoms with Gasteiger partial charge < -0.3 is 24.0 Å². The summed E-state index contributed by atoms with van der Waals surface area (Å²) in [5.74, 6) is 1.25. The predicted octanol–water partition coefficient (Wildman–Crippen LogP) is 7.66. The van der Waals surface area contributed by atoms with Crippen LogP contribution in [0.15, 0.2) is 89.7 Å². The van der Waals surface area contributed by atoms with Crippen molar-refractivity contribution < 1.29 is 14.1 Å². The lowest BCUT2D eigenvalue weighted by molar-refractivity contribution is 0.0695. The van der Waals surface area contributed by atoms with Crippen LogP contribution in [0.25, 0.3) is 39.2 Å². The van der Waals surface area contributed by atoms with Crippen LogP contribution >= 0.6 is 0 Å². The molecule has 2 aromatic carbocycles. The molecule has 1 aliphatic heterocycles. The highest BCUT2D eigenvalue weighted by Gasteiger charge is 2.31. The lowest BCUT2D eigenvalue weighted by Gasteiger charge is -2.37. The molecule has 0 aliphatic carbocycles. The number of para-hydroxylation sites is 1. The number of piperidine rings is 1. The number of nitrogens with one attached hydrogen (secondary N) is 1. The molecular weight excluding hydrogens is 590 g/mol. The molecule has 7 rings (SSSR count). The number of carbonyl (C=O) groups is 1. The van der Waals surface area contributed by atoms with Crippen LogP contribution < -0.4 is 5.32 Å². The van der Waals surface area contributed by atoms with Crippen molar-refractivity contribution in [2.24, 2.45) is 0 Å². The van der Waals surface area contributed by atoms with Crippen molar-refractivity contribution in [1.29, 1.82) is 0 Å². The Kier molecular flexibility index (Phi) is 8.15. The van der Waals surface area contributed by atoms with Gasteiger partial charge in [0.2, 0.25) is 5.95 Å². The zero-order chi connectivity index (χ0) is 32.5. The van der Waals surface area contributed by atoms with E-state index in [4.69, 9.17) is 19.2 Å². The molecule has 2 atom stereocenters. The Labute approximate surface area is 273 Å². The summed E-state index contributed by atoms with van der Waals surface area (Å²) in [6, 6.07) is 24.1. The number of rotatable bonds is 7. The Hall–Kier alpha value is -5.51. The number of hydrogen-bond acceptors (Lipinski definition) is 8. The molecule has 238 valence electrons. The first kappa shape index (κ1) is 30.2. The summed E-state index contributed by atoms with van der Waals surface area (Å²) >= 11 is 0. The van der Waals surface area contributed by atoms with Gasteiger partial charge in [0.1, 0.15) is 18.0 Å². The molecular formula is C37H37N7O3. The number of anilines is 1. The van der Waals surface area contributed by atoms with Gasteiger partial charge in [0.05, 0.1) is 22.6 Å². The largest absolute Gasteiger partial charge is 0.445 e. The average Bonchev–Trinajstić information content (AvgIpc) is 3.64. The van der Waals surface area contributed by atoms with Crippen LogP contribution in [0.1, 0.15) is 42.3 Å². The predicted molar refractivity (Wildman–Crippen MR) is 181 cm³/mol. The Morgan fingerprint density at radius 1 is 0.979 bits per heavy atom. The fourth-order valence-corrected chi connectivity index (χ4v) is 6.31. The maximum Gasteiger partial charge on any atom is 0.410 e. The molecule has 1 aliphatic rings. The minimum Gasteiger partial charge on any atom is -0.445 e. The van der Waals surface area contributed by atoms with Crippen LogP contribution in [-0.2, 0) is 11.3 Å². The monoisotopic (exact) mass is 627 g/mol. The number of hydrogen-bond donors (Lipinski definition) is 1. The number of likely N-dealkylation sites (tertiary alicyclic amines) is 1. The van der Waals surface area contributed by atoms with E-state index >= 15 is 0 Å². The van der Waals surface area contributed by atoms with E-state index in [0.717, 1.165) is 74.7 Å². The first-order chi connectivity index (χ1) is 22.9. The summed E-state index contributed by atoms with van der Waals surface area (Å²) < 4.78 is 13.2. The molecule has 0 saturated carbocycles. The van der Waals surface area contributed by atoms with E-state index in [9.17, 15) is 4.79 Å². The van der Waals surface area contributed by atoms with Crippen LogP contribution in [0.3, 0.4) is 0 Å². The number of fused-ring (bicyclic) bond motifs is 1. The van der Waals surface area contributed by atoms with E-state index in [-0.39, 0.29) is 24.8 Å². The molecule has 47 heavy (non-hydrogen) atoms. The molecule has 0 radical (unpaired) electrons. The number of ether oxygens (including phenoxy) is 1. The van der Waals surface area contributed by atoms with Gasteiger partial charge in [0, 0.05) is 47.7 Å². The second kappa shape index (κ2) is 12.7. The number of carbonyl (C=O) groups excluding carboxylic acids is 1. The molecule has 0 bridgehead atoms. The van der Waals surface area contributed by atoms with Gasteiger partial charge in [0.25, 0.3) is 0 Å². The number of benzene rings is 2. The molecule has 1 fully saturated rings. The minimum absolute atomic E-state index is 0.0176. The van der Waals surface area contributed by atoms with E-state index in [2.05, 4.69) is 51.3 Å². The number of aryl methyl sites for hydroxylation is 3. The van der Waals surface area contributed by atoms with Gasteiger partial charge in [-0.2, -0.15) is 0 Å². The van der Waals surface area contributed by atoms with Gasteiger partial charge in [-0.05, 0) is 75.9 Å². The molecule has 10 heteroatoms. The van der Waals surface area contributed by atoms with E-state index in [1.54, 1.807) is 4.90 Å². The van der Waals surface area contributed by atoms with Gasteiger partial charge in [0.15, 0.2) is 0 Å². The first-order valence-corrected chi connectivity index (χ1v) is 15.9. The summed E-state index contributed by atoms with van der Waals surface area (Å²) in [7, 11) is 0. The van der Waals surface area contributed by atoms with Crippen molar-refractivity contribution in [2.75, 3.05) is 11.9 Å². The minimum atomic E-state index is -0.310. The molecule has 5 heterocycles. The number of nitrogens with zero attached hydrogens (tertiary/aromatic N) is 6. The first-order valence-electron chi connectivity index (χ1n) is 15.9. The maximum atomic E-state index is 13.1. The zero-order valence-corrected chi connectivity index (χ0v) is 27.0. The standard InChI is InChI=1S/C37H37N7O3/c1-23-19-38-36(39-28-16-15-24(2)43(20-28)37(45)46-22-27-11-7-5-8-12-27)41-34(23)31-21-44(29-13-9-6-10-14-29)35-30(31)17-18-32(40-35)33-25(3)42-47-26(33)4/h5-14,17-19,21,24,28H,15-16,20,22H2,1-4H3,(H,38,39,41)/t24-,28-/m1/s1. The third kappa shape index (κ3) is 6.06. The zero-order valence-electron chi connectivity index (χ0n) is 27.0. The van der Waals surface area contributed by atoms with Crippen LogP contribution in [0.4, 0.5) is 10.7 Å². The Morgan fingerprint density at radius 3 is 2.49 bits per heavy atom. The molecule has 1 N–H and O–H groups in total. The number of amides is 1. The van der Waals surface area contributed by atoms with E-state index in [1.807, 2.05) is 81.6 Å². The quantitative estimate of drug-likeness (QED) is 0.192. The average molecular weight is 628 g/mol. The Balaban J connectivity index is 1.18. The van der Waals surface area contributed by atoms with Gasteiger partial charge in [-0.1, -0.05) is 53.7 Å². The van der Waals surface area contributed by atoms with Crippen molar-refractivity contribution in [3.8, 4) is 28.2 Å². The van der Waals surface area contributed by atoms with Crippen molar-refractivity contribution in [2.45, 2.75) is 59.2 Å². The van der Waals surface area contributed by atoms with Crippen molar-refractivity contribution in [1.82, 2.24) is 29.6 Å². The maximum absolute atomic E-state index is 13.1. The molecule has 10 nitrogen and oxygen atoms in total. The van der Waals surface area contributed by atoms with Crippen LogP contribution in [-0.4, -0.2) is 54.3 Å². The summed E-state index contributed by atoms with van der Waals surface area (Å²) in [5, 5.41) is 8.62. The Morgan fingerprint density at radius 2 is 1.74 bits per heavy atom. The molecule has 0 unspecified atom stereocenters. The van der Waals surface area contributed by atoms with Gasteiger partial charge in [-0.15, -0.1) is 0 Å². The summed E-state index contributed by atoms with van der Waals surface area (Å²) in [6.07, 6.45) is 5.36. The highest BCUT2D eigenvalue weighted by molar-refractivity contribution is 5.96. The lowest BCUT2D eigenvalue weighted by atomic mass is 10.00. The summed E-state index contributed by atoms with van der Waals surface area (Å²) in [5.41, 5.74) is 7.98. The normalized spacial score (nSPS) is 16.4. The van der Waals surface area contributed by atoms with Gasteiger partial charge in [-0.25, -0.2) is 19.7 Å². The van der Waals surface area contributed by atoms with Crippen LogP contribution in [0.5, 0.6) is 0 Å². The third-order valence-corrected chi connectivity index (χ3v) is 8.86. The topological polar surface area (TPSA) is 111 Å². The molecule has 4 aromatic heterocycles. The van der Waals surface area contributed by atoms with E-state index in [1.165, 1.54) is 0 Å². The Bertz CT molecular complexity index is 2020. The SMILES string of the molecule is Cc1cnc(N[C@@H]2CC[C@@H](C)N(C(=O)OCc3ccccc3)C2)nc1-c1cn(-c2ccccc2)c2nc(-c3c(C)noc3C)ccc12. The fraction of sp³-hybridized carbons (Fsp3) is 0.270. The van der Waals surface area contributed by atoms with E-state index < -0.39 is 0 Å². The number of pyridine rings is 1. The molecule has 1 amide bonds. The van der Waals surface area contributed by atoms with Crippen molar-refractivity contribution in [3.63, 3.8) is 0 Å². The highest BCUT2D eigenvalue weighted by Crippen LogP contribution is 2.35. The van der Waals surface area contributed by atoms with Gasteiger partial charge in [-0.3, -0.25) is 0 Å². The van der Waals surface area contributed by atoms with Crippen molar-refractivity contribution >= 4 is 23.1 Å². The lowest BCUT2D eigenvalue weighted by Crippen LogP contribution is -2.50. The second-order valence-electron chi connectivity index (χ2n) is 12.2. The number of aromatic nitrogens is 5. The second-order valence-corrected chi connectivity index (χ2v) is 12.2. The fourth-order valence-electron chi connectivity index (χ4n) is 6.31. The molecule has 0 spiro atoms. The van der Waals surface area contributed by atoms with E-state index in [0.29, 0.717) is 12.5 Å². The summed E-state index contributed by atoms with van der Waals surface area (Å²) in [6.45, 7) is 8.66. The van der Waals surface area contributed by atoms with Crippen LogP contribution in [0, 0.1) is 20.8 Å². The van der Waals surface area contributed by atoms with Crippen molar-refractivity contribution in [3.05, 3.63) is 108 Å².